The fraction of sp³-hybridized carbons (Fsp3) is 0.280. The van der Waals surface area contributed by atoms with Crippen LogP contribution in [0.4, 0.5) is 0 Å². The van der Waals surface area contributed by atoms with Crippen LogP contribution in [0.3, 0.4) is 0 Å². The molecule has 2 heterocycles. The van der Waals surface area contributed by atoms with E-state index in [1.54, 1.807) is 12.1 Å². The van der Waals surface area contributed by atoms with E-state index in [2.05, 4.69) is 29.6 Å². The van der Waals surface area contributed by atoms with E-state index in [4.69, 9.17) is 14.2 Å². The molecule has 2 saturated heterocycles. The van der Waals surface area contributed by atoms with E-state index in [9.17, 15) is 5.11 Å². The average Bonchev–Trinajstić information content (AvgIpc) is 3.57. The maximum Gasteiger partial charge on any atom is 0.151 e. The second-order valence-electron chi connectivity index (χ2n) is 7.78. The van der Waals surface area contributed by atoms with Crippen molar-refractivity contribution in [3.8, 4) is 17.2 Å². The Balaban J connectivity index is 1.40. The molecular weight excluding hydrogens is 378 g/mol. The van der Waals surface area contributed by atoms with Gasteiger partial charge in [0.05, 0.1) is 6.61 Å². The third-order valence-electron chi connectivity index (χ3n) is 5.55. The van der Waals surface area contributed by atoms with E-state index in [1.165, 1.54) is 0 Å². The normalized spacial score (nSPS) is 20.8. The van der Waals surface area contributed by atoms with Crippen LogP contribution in [0.25, 0.3) is 0 Å². The van der Waals surface area contributed by atoms with Gasteiger partial charge in [0.25, 0.3) is 0 Å². The molecule has 0 amide bonds. The lowest BCUT2D eigenvalue weighted by atomic mass is 9.85. The molecule has 0 saturated carbocycles. The van der Waals surface area contributed by atoms with E-state index in [1.807, 2.05) is 36.4 Å². The van der Waals surface area contributed by atoms with Gasteiger partial charge in [0, 0.05) is 18.9 Å². The summed E-state index contributed by atoms with van der Waals surface area (Å²) >= 11 is 0. The lowest BCUT2D eigenvalue weighted by Gasteiger charge is -2.28. The summed E-state index contributed by atoms with van der Waals surface area (Å²) < 4.78 is 16.9. The van der Waals surface area contributed by atoms with E-state index in [0.29, 0.717) is 6.61 Å². The molecule has 0 bridgehead atoms. The summed E-state index contributed by atoms with van der Waals surface area (Å²) in [5, 5.41) is 13.0. The maximum absolute atomic E-state index is 9.72. The van der Waals surface area contributed by atoms with Gasteiger partial charge in [-0.25, -0.2) is 0 Å². The number of ether oxygens (including phenoxy) is 3. The number of hydrogen-bond acceptors (Lipinski definition) is 5. The first-order chi connectivity index (χ1) is 14.7. The maximum atomic E-state index is 9.72. The van der Waals surface area contributed by atoms with Gasteiger partial charge in [-0.2, -0.15) is 0 Å². The molecule has 154 valence electrons. The number of benzene rings is 3. The van der Waals surface area contributed by atoms with Crippen LogP contribution >= 0.6 is 0 Å². The Labute approximate surface area is 176 Å². The molecule has 5 rings (SSSR count). The van der Waals surface area contributed by atoms with Crippen LogP contribution < -0.4 is 14.8 Å². The largest absolute Gasteiger partial charge is 0.508 e. The van der Waals surface area contributed by atoms with Gasteiger partial charge in [0.1, 0.15) is 30.0 Å². The molecule has 3 aromatic rings. The second-order valence-corrected chi connectivity index (χ2v) is 7.78. The molecule has 2 N–H and O–H groups in total. The van der Waals surface area contributed by atoms with Gasteiger partial charge in [-0.3, -0.25) is 5.32 Å². The van der Waals surface area contributed by atoms with Gasteiger partial charge in [0.2, 0.25) is 0 Å². The zero-order valence-electron chi connectivity index (χ0n) is 16.7. The van der Waals surface area contributed by atoms with Crippen molar-refractivity contribution in [3.63, 3.8) is 0 Å². The number of phenols is 1. The SMILES string of the molecule is Oc1ccc(C(c2ccc(OCC3CO3)cc2)c2ccc(OC3CCN3)cc2)cc1. The number of rotatable bonds is 8. The minimum atomic E-state index is 0.0438. The predicted octanol–water partition coefficient (Wildman–Crippen LogP) is 4.05. The van der Waals surface area contributed by atoms with Crippen LogP contribution in [0.1, 0.15) is 29.0 Å². The average molecular weight is 403 g/mol. The molecule has 3 atom stereocenters. The molecule has 5 heteroatoms. The van der Waals surface area contributed by atoms with Crippen molar-refractivity contribution in [2.75, 3.05) is 19.8 Å². The Kier molecular flexibility index (Phi) is 5.30. The number of nitrogens with one attached hydrogen (secondary N) is 1. The molecule has 0 spiro atoms. The fourth-order valence-corrected chi connectivity index (χ4v) is 3.62. The first-order valence-corrected chi connectivity index (χ1v) is 10.4. The van der Waals surface area contributed by atoms with Gasteiger partial charge in [-0.1, -0.05) is 36.4 Å². The van der Waals surface area contributed by atoms with Gasteiger partial charge in [-0.15, -0.1) is 0 Å². The molecule has 2 aliphatic heterocycles. The van der Waals surface area contributed by atoms with Crippen molar-refractivity contribution in [2.45, 2.75) is 24.7 Å². The molecule has 0 aromatic heterocycles. The number of epoxide rings is 1. The number of phenolic OH excluding ortho intramolecular Hbond substituents is 1. The van der Waals surface area contributed by atoms with Gasteiger partial charge in [-0.05, 0) is 53.1 Å². The van der Waals surface area contributed by atoms with E-state index in [0.717, 1.165) is 47.8 Å². The smallest absolute Gasteiger partial charge is 0.151 e. The van der Waals surface area contributed by atoms with Crippen molar-refractivity contribution in [1.29, 1.82) is 0 Å². The molecule has 30 heavy (non-hydrogen) atoms. The monoisotopic (exact) mass is 403 g/mol. The Morgan fingerprint density at radius 3 is 1.90 bits per heavy atom. The van der Waals surface area contributed by atoms with E-state index in [-0.39, 0.29) is 24.0 Å². The Bertz CT molecular complexity index is 962. The van der Waals surface area contributed by atoms with Crippen LogP contribution in [0.2, 0.25) is 0 Å². The number of aromatic hydroxyl groups is 1. The van der Waals surface area contributed by atoms with Crippen LogP contribution in [-0.2, 0) is 4.74 Å². The lowest BCUT2D eigenvalue weighted by Crippen LogP contribution is -2.46. The summed E-state index contributed by atoms with van der Waals surface area (Å²) in [5.41, 5.74) is 3.43. The highest BCUT2D eigenvalue weighted by molar-refractivity contribution is 5.46. The highest BCUT2D eigenvalue weighted by Gasteiger charge is 2.23. The summed E-state index contributed by atoms with van der Waals surface area (Å²) in [6.45, 7) is 2.40. The molecule has 3 unspecified atom stereocenters. The topological polar surface area (TPSA) is 63.2 Å². The first kappa shape index (κ1) is 19.0. The minimum absolute atomic E-state index is 0.0438. The Morgan fingerprint density at radius 1 is 0.867 bits per heavy atom. The lowest BCUT2D eigenvalue weighted by molar-refractivity contribution is 0.0987. The molecule has 2 fully saturated rings. The van der Waals surface area contributed by atoms with Crippen LogP contribution in [-0.4, -0.2) is 37.2 Å². The summed E-state index contributed by atoms with van der Waals surface area (Å²) in [7, 11) is 0. The fourth-order valence-electron chi connectivity index (χ4n) is 3.62. The first-order valence-electron chi connectivity index (χ1n) is 10.4. The number of hydrogen-bond donors (Lipinski definition) is 2. The third kappa shape index (κ3) is 4.42. The van der Waals surface area contributed by atoms with Gasteiger partial charge >= 0.3 is 0 Å². The van der Waals surface area contributed by atoms with E-state index >= 15 is 0 Å². The summed E-state index contributed by atoms with van der Waals surface area (Å²) in [4.78, 5) is 0. The van der Waals surface area contributed by atoms with Gasteiger partial charge in [0.15, 0.2) is 6.23 Å². The van der Waals surface area contributed by atoms with Crippen molar-refractivity contribution in [2.24, 2.45) is 0 Å². The molecule has 5 nitrogen and oxygen atoms in total. The van der Waals surface area contributed by atoms with Gasteiger partial charge < -0.3 is 19.3 Å². The molecule has 0 radical (unpaired) electrons. The summed E-state index contributed by atoms with van der Waals surface area (Å²) in [5.74, 6) is 2.02. The summed E-state index contributed by atoms with van der Waals surface area (Å²) in [6, 6.07) is 23.9. The quantitative estimate of drug-likeness (QED) is 0.439. The van der Waals surface area contributed by atoms with Crippen molar-refractivity contribution >= 4 is 0 Å². The molecular formula is C25H25NO4. The standard InChI is InChI=1S/C25H25NO4/c27-20-7-1-17(2-8-20)25(18-3-9-21(10-4-18)28-15-23-16-29-23)19-5-11-22(12-6-19)30-24-13-14-26-24/h1-12,23-27H,13-16H2. The van der Waals surface area contributed by atoms with Crippen LogP contribution in [0, 0.1) is 0 Å². The second kappa shape index (κ2) is 8.38. The minimum Gasteiger partial charge on any atom is -0.508 e. The van der Waals surface area contributed by atoms with E-state index < -0.39 is 0 Å². The Morgan fingerprint density at radius 2 is 1.40 bits per heavy atom. The van der Waals surface area contributed by atoms with Crippen molar-refractivity contribution in [1.82, 2.24) is 5.32 Å². The zero-order chi connectivity index (χ0) is 20.3. The third-order valence-corrected chi connectivity index (χ3v) is 5.55. The molecule has 2 aliphatic rings. The van der Waals surface area contributed by atoms with Crippen molar-refractivity contribution < 1.29 is 19.3 Å². The Hall–Kier alpha value is -3.02. The zero-order valence-corrected chi connectivity index (χ0v) is 16.7. The molecule has 3 aromatic carbocycles. The highest BCUT2D eigenvalue weighted by atomic mass is 16.6. The van der Waals surface area contributed by atoms with Crippen LogP contribution in [0.15, 0.2) is 72.8 Å². The molecule has 0 aliphatic carbocycles. The van der Waals surface area contributed by atoms with Crippen molar-refractivity contribution in [3.05, 3.63) is 89.5 Å². The van der Waals surface area contributed by atoms with Crippen LogP contribution in [0.5, 0.6) is 17.2 Å². The summed E-state index contributed by atoms with van der Waals surface area (Å²) in [6.07, 6.45) is 1.40. The highest BCUT2D eigenvalue weighted by Crippen LogP contribution is 2.34. The predicted molar refractivity (Wildman–Crippen MR) is 114 cm³/mol.